The van der Waals surface area contributed by atoms with E-state index in [-0.39, 0.29) is 24.0 Å². The first-order valence-corrected chi connectivity index (χ1v) is 8.47. The molecule has 1 saturated heterocycles. The van der Waals surface area contributed by atoms with Crippen molar-refractivity contribution in [3.63, 3.8) is 0 Å². The molecule has 0 aliphatic carbocycles. The first-order chi connectivity index (χ1) is 11.3. The first kappa shape index (κ1) is 21.2. The highest BCUT2D eigenvalue weighted by atomic mass is 127. The highest BCUT2D eigenvalue weighted by Crippen LogP contribution is 2.13. The van der Waals surface area contributed by atoms with Gasteiger partial charge < -0.3 is 24.1 Å². The maximum Gasteiger partial charge on any atom is 0.193 e. The van der Waals surface area contributed by atoms with Crippen LogP contribution in [-0.2, 0) is 16.1 Å². The van der Waals surface area contributed by atoms with Gasteiger partial charge in [0.1, 0.15) is 12.4 Å². The number of furan rings is 1. The van der Waals surface area contributed by atoms with E-state index in [1.807, 2.05) is 12.1 Å². The van der Waals surface area contributed by atoms with Gasteiger partial charge in [-0.2, -0.15) is 0 Å². The van der Waals surface area contributed by atoms with Crippen molar-refractivity contribution >= 4 is 29.9 Å². The summed E-state index contributed by atoms with van der Waals surface area (Å²) in [6.45, 7) is 7.67. The molecule has 0 amide bonds. The van der Waals surface area contributed by atoms with Crippen LogP contribution in [0.4, 0.5) is 0 Å². The lowest BCUT2D eigenvalue weighted by molar-refractivity contribution is 0.105. The van der Waals surface area contributed by atoms with Gasteiger partial charge in [-0.3, -0.25) is 4.99 Å². The molecule has 1 aromatic heterocycles. The predicted molar refractivity (Wildman–Crippen MR) is 106 cm³/mol. The molecule has 1 aliphatic heterocycles. The fourth-order valence-electron chi connectivity index (χ4n) is 2.59. The average Bonchev–Trinajstić information content (AvgIpc) is 3.23. The summed E-state index contributed by atoms with van der Waals surface area (Å²) >= 11 is 0. The Labute approximate surface area is 162 Å². The van der Waals surface area contributed by atoms with Crippen LogP contribution in [0.25, 0.3) is 0 Å². The largest absolute Gasteiger partial charge is 0.467 e. The standard InChI is InChI=1S/C17H29N3O3.HI/c1-3-18-17(20(2)12-15-7-11-22-13-15)19-8-5-9-21-14-16-6-4-10-23-16;/h4,6,10,15H,3,5,7-9,11-14H2,1-2H3,(H,18,19);1H. The van der Waals surface area contributed by atoms with Gasteiger partial charge in [-0.1, -0.05) is 0 Å². The lowest BCUT2D eigenvalue weighted by Crippen LogP contribution is -2.41. The smallest absolute Gasteiger partial charge is 0.193 e. The van der Waals surface area contributed by atoms with Crippen LogP contribution in [0.5, 0.6) is 0 Å². The third kappa shape index (κ3) is 7.85. The van der Waals surface area contributed by atoms with Crippen LogP contribution < -0.4 is 5.32 Å². The number of nitrogens with zero attached hydrogens (tertiary/aromatic N) is 2. The summed E-state index contributed by atoms with van der Waals surface area (Å²) in [5.74, 6) is 2.44. The van der Waals surface area contributed by atoms with E-state index in [0.717, 1.165) is 57.4 Å². The van der Waals surface area contributed by atoms with Crippen LogP contribution in [-0.4, -0.2) is 57.4 Å². The molecule has 0 spiro atoms. The Hall–Kier alpha value is -0.800. The minimum atomic E-state index is 0. The van der Waals surface area contributed by atoms with Gasteiger partial charge >= 0.3 is 0 Å². The van der Waals surface area contributed by atoms with Gasteiger partial charge in [0.2, 0.25) is 0 Å². The van der Waals surface area contributed by atoms with Crippen molar-refractivity contribution in [1.29, 1.82) is 0 Å². The fourth-order valence-corrected chi connectivity index (χ4v) is 2.59. The number of hydrogen-bond donors (Lipinski definition) is 1. The summed E-state index contributed by atoms with van der Waals surface area (Å²) < 4.78 is 16.2. The van der Waals surface area contributed by atoms with E-state index >= 15 is 0 Å². The van der Waals surface area contributed by atoms with Gasteiger partial charge in [0.25, 0.3) is 0 Å². The predicted octanol–water partition coefficient (Wildman–Crippen LogP) is 2.74. The highest BCUT2D eigenvalue weighted by molar-refractivity contribution is 14.0. The zero-order valence-electron chi connectivity index (χ0n) is 14.7. The second-order valence-corrected chi connectivity index (χ2v) is 5.83. The number of aliphatic imine (C=N–C) groups is 1. The van der Waals surface area contributed by atoms with E-state index in [1.165, 1.54) is 0 Å². The van der Waals surface area contributed by atoms with Crippen LogP contribution in [0.1, 0.15) is 25.5 Å². The third-order valence-corrected chi connectivity index (χ3v) is 3.79. The number of hydrogen-bond acceptors (Lipinski definition) is 4. The maximum atomic E-state index is 5.57. The van der Waals surface area contributed by atoms with Crippen molar-refractivity contribution in [2.24, 2.45) is 10.9 Å². The molecule has 138 valence electrons. The Kier molecular flexibility index (Phi) is 11.1. The average molecular weight is 451 g/mol. The van der Waals surface area contributed by atoms with Gasteiger partial charge in [-0.15, -0.1) is 24.0 Å². The minimum Gasteiger partial charge on any atom is -0.467 e. The van der Waals surface area contributed by atoms with Gasteiger partial charge in [-0.05, 0) is 31.9 Å². The Morgan fingerprint density at radius 2 is 2.38 bits per heavy atom. The molecule has 1 aliphatic rings. The number of ether oxygens (including phenoxy) is 2. The molecule has 1 aromatic rings. The Bertz CT molecular complexity index is 448. The van der Waals surface area contributed by atoms with Crippen molar-refractivity contribution in [2.75, 3.05) is 46.5 Å². The van der Waals surface area contributed by atoms with Crippen LogP contribution in [0, 0.1) is 5.92 Å². The lowest BCUT2D eigenvalue weighted by atomic mass is 10.1. The van der Waals surface area contributed by atoms with Gasteiger partial charge in [0.05, 0.1) is 12.9 Å². The number of guanidine groups is 1. The molecular weight excluding hydrogens is 421 g/mol. The third-order valence-electron chi connectivity index (χ3n) is 3.79. The maximum absolute atomic E-state index is 5.57. The molecule has 2 rings (SSSR count). The van der Waals surface area contributed by atoms with Crippen molar-refractivity contribution in [2.45, 2.75) is 26.4 Å². The molecule has 24 heavy (non-hydrogen) atoms. The molecule has 6 nitrogen and oxygen atoms in total. The second-order valence-electron chi connectivity index (χ2n) is 5.83. The Morgan fingerprint density at radius 1 is 1.50 bits per heavy atom. The number of halogens is 1. The SMILES string of the molecule is CCNC(=NCCCOCc1ccco1)N(C)CC1CCOC1.I. The molecule has 2 heterocycles. The Balaban J connectivity index is 0.00000288. The van der Waals surface area contributed by atoms with Crippen molar-refractivity contribution < 1.29 is 13.9 Å². The van der Waals surface area contributed by atoms with E-state index < -0.39 is 0 Å². The Morgan fingerprint density at radius 3 is 3.04 bits per heavy atom. The molecule has 1 N–H and O–H groups in total. The van der Waals surface area contributed by atoms with E-state index in [1.54, 1.807) is 6.26 Å². The van der Waals surface area contributed by atoms with Gasteiger partial charge in [0, 0.05) is 45.8 Å². The molecule has 7 heteroatoms. The van der Waals surface area contributed by atoms with E-state index in [4.69, 9.17) is 13.9 Å². The zero-order chi connectivity index (χ0) is 16.3. The molecular formula is C17H30IN3O3. The summed E-state index contributed by atoms with van der Waals surface area (Å²) in [6.07, 6.45) is 3.71. The second kappa shape index (κ2) is 12.5. The lowest BCUT2D eigenvalue weighted by Gasteiger charge is -2.24. The molecule has 1 unspecified atom stereocenters. The first-order valence-electron chi connectivity index (χ1n) is 8.47. The topological polar surface area (TPSA) is 59.2 Å². The molecule has 0 bridgehead atoms. The van der Waals surface area contributed by atoms with Crippen molar-refractivity contribution in [3.8, 4) is 0 Å². The molecule has 0 radical (unpaired) electrons. The molecule has 0 aromatic carbocycles. The van der Waals surface area contributed by atoms with E-state index in [9.17, 15) is 0 Å². The monoisotopic (exact) mass is 451 g/mol. The summed E-state index contributed by atoms with van der Waals surface area (Å²) in [7, 11) is 2.09. The summed E-state index contributed by atoms with van der Waals surface area (Å²) in [5, 5.41) is 3.35. The van der Waals surface area contributed by atoms with Gasteiger partial charge in [-0.25, -0.2) is 0 Å². The fraction of sp³-hybridized carbons (Fsp3) is 0.706. The van der Waals surface area contributed by atoms with Gasteiger partial charge in [0.15, 0.2) is 5.96 Å². The summed E-state index contributed by atoms with van der Waals surface area (Å²) in [5.41, 5.74) is 0. The highest BCUT2D eigenvalue weighted by Gasteiger charge is 2.18. The summed E-state index contributed by atoms with van der Waals surface area (Å²) in [6, 6.07) is 3.79. The summed E-state index contributed by atoms with van der Waals surface area (Å²) in [4.78, 5) is 6.88. The van der Waals surface area contributed by atoms with Crippen molar-refractivity contribution in [3.05, 3.63) is 24.2 Å². The zero-order valence-corrected chi connectivity index (χ0v) is 17.0. The molecule has 1 fully saturated rings. The van der Waals surface area contributed by atoms with Crippen LogP contribution in [0.15, 0.2) is 27.8 Å². The molecule has 0 saturated carbocycles. The van der Waals surface area contributed by atoms with Crippen molar-refractivity contribution in [1.82, 2.24) is 10.2 Å². The van der Waals surface area contributed by atoms with Crippen LogP contribution >= 0.6 is 24.0 Å². The minimum absolute atomic E-state index is 0. The normalized spacial score (nSPS) is 17.6. The van der Waals surface area contributed by atoms with Crippen LogP contribution in [0.2, 0.25) is 0 Å². The van der Waals surface area contributed by atoms with E-state index in [0.29, 0.717) is 19.1 Å². The van der Waals surface area contributed by atoms with Crippen LogP contribution in [0.3, 0.4) is 0 Å². The quantitative estimate of drug-likeness (QED) is 0.271. The van der Waals surface area contributed by atoms with E-state index in [2.05, 4.69) is 29.2 Å². The number of nitrogens with one attached hydrogen (secondary N) is 1. The number of rotatable bonds is 9. The molecule has 1 atom stereocenters.